The first-order valence-electron chi connectivity index (χ1n) is 17.4. The van der Waals surface area contributed by atoms with Crippen molar-refractivity contribution >= 4 is 45.2 Å². The molecule has 7 rings (SSSR count). The molecule has 0 spiro atoms. The Labute approximate surface area is 306 Å². The maximum absolute atomic E-state index is 14.0. The summed E-state index contributed by atoms with van der Waals surface area (Å²) in [4.78, 5) is 29.6. The lowest BCUT2D eigenvalue weighted by molar-refractivity contribution is -0.113. The third-order valence-corrected chi connectivity index (χ3v) is 9.95. The summed E-state index contributed by atoms with van der Waals surface area (Å²) in [5, 5.41) is 58.4. The number of rotatable bonds is 6. The van der Waals surface area contributed by atoms with Gasteiger partial charge in [0.2, 0.25) is 11.6 Å². The second-order valence-corrected chi connectivity index (χ2v) is 14.2. The van der Waals surface area contributed by atoms with Crippen LogP contribution in [0.2, 0.25) is 0 Å². The topological polar surface area (TPSA) is 160 Å². The van der Waals surface area contributed by atoms with Crippen LogP contribution in [-0.4, -0.2) is 43.8 Å². The number of aliphatic hydroxyl groups excluding tert-OH is 2. The molecule has 0 radical (unpaired) electrons. The molecule has 0 saturated heterocycles. The zero-order chi connectivity index (χ0) is 38.0. The zero-order valence-corrected chi connectivity index (χ0v) is 30.2. The van der Waals surface area contributed by atoms with Crippen molar-refractivity contribution in [1.82, 2.24) is 0 Å². The number of aliphatic hydroxyl groups is 2. The number of carbonyl (C=O) groups is 2. The Morgan fingerprint density at radius 1 is 0.717 bits per heavy atom. The quantitative estimate of drug-likeness (QED) is 0.107. The van der Waals surface area contributed by atoms with Gasteiger partial charge in [0, 0.05) is 69.3 Å². The van der Waals surface area contributed by atoms with E-state index in [9.17, 15) is 35.1 Å². The third-order valence-electron chi connectivity index (χ3n) is 9.95. The molecule has 53 heavy (non-hydrogen) atoms. The smallest absolute Gasteiger partial charge is 0.229 e. The van der Waals surface area contributed by atoms with Crippen molar-refractivity contribution < 1.29 is 39.9 Å². The van der Waals surface area contributed by atoms with Gasteiger partial charge in [0.15, 0.2) is 18.2 Å². The standard InChI is InChI=1S/C43H40N2O8/c1-20(2)32-28-13-22(5)34(40(50)36(28)30(38(48)41(32)51)17-44-24-9-7-11-26(46)15-24)35-23(6)14-29-33(21(3)4)42(52)39(49)31-18-45(19-53-43(35)37(29)31)25-10-8-12-27(47)16-25/h7-18,20-21,44,46-47,50-52H,19H2,1-6H3/b30-17-. The Morgan fingerprint density at radius 2 is 1.30 bits per heavy atom. The SMILES string of the molecule is Cc1cc2c(c(O)c1-c1c(C)cc3c4c1OCN(c1cccc(O)c1)C=C4C(=O)C(O)=C3C(C)C)/C(=C/Nc1cccc(O)c1)C(=O)C(O)=C2C(C)C. The molecule has 10 heteroatoms. The molecule has 6 N–H and O–H groups in total. The number of benzene rings is 4. The molecule has 10 nitrogen and oxygen atoms in total. The van der Waals surface area contributed by atoms with Crippen LogP contribution in [-0.2, 0) is 9.59 Å². The highest BCUT2D eigenvalue weighted by Gasteiger charge is 2.40. The van der Waals surface area contributed by atoms with Gasteiger partial charge in [-0.05, 0) is 72.2 Å². The van der Waals surface area contributed by atoms with Crippen LogP contribution in [0.4, 0.5) is 11.4 Å². The van der Waals surface area contributed by atoms with Crippen LogP contribution in [0.15, 0.2) is 84.6 Å². The second-order valence-electron chi connectivity index (χ2n) is 14.2. The van der Waals surface area contributed by atoms with Crippen LogP contribution >= 0.6 is 0 Å². The highest BCUT2D eigenvalue weighted by Crippen LogP contribution is 2.54. The number of hydrogen-bond acceptors (Lipinski definition) is 10. The van der Waals surface area contributed by atoms with Gasteiger partial charge >= 0.3 is 0 Å². The van der Waals surface area contributed by atoms with E-state index in [2.05, 4.69) is 5.32 Å². The summed E-state index contributed by atoms with van der Waals surface area (Å²) < 4.78 is 6.63. The van der Waals surface area contributed by atoms with Crippen LogP contribution in [0.1, 0.15) is 61.1 Å². The number of Topliss-reactive ketones (excluding diaryl/α,β-unsaturated/α-hetero) is 2. The van der Waals surface area contributed by atoms with E-state index in [1.54, 1.807) is 35.4 Å². The molecule has 0 aromatic heterocycles. The Kier molecular flexibility index (Phi) is 8.56. The highest BCUT2D eigenvalue weighted by atomic mass is 16.5. The number of aromatic hydroxyl groups is 3. The molecule has 1 aliphatic heterocycles. The monoisotopic (exact) mass is 712 g/mol. The minimum absolute atomic E-state index is 0.00663. The number of aryl methyl sites for hydroxylation is 2. The third kappa shape index (κ3) is 5.67. The molecule has 270 valence electrons. The van der Waals surface area contributed by atoms with E-state index in [0.29, 0.717) is 67.2 Å². The maximum Gasteiger partial charge on any atom is 0.229 e. The van der Waals surface area contributed by atoms with Crippen molar-refractivity contribution in [2.45, 2.75) is 41.5 Å². The van der Waals surface area contributed by atoms with E-state index in [1.807, 2.05) is 53.7 Å². The summed E-state index contributed by atoms with van der Waals surface area (Å²) in [6.07, 6.45) is 3.01. The second kappa shape index (κ2) is 13.0. The molecule has 0 bridgehead atoms. The average Bonchev–Trinajstić information content (AvgIpc) is 3.29. The van der Waals surface area contributed by atoms with Crippen LogP contribution < -0.4 is 15.0 Å². The van der Waals surface area contributed by atoms with Crippen LogP contribution in [0.5, 0.6) is 23.0 Å². The van der Waals surface area contributed by atoms with Crippen LogP contribution in [0, 0.1) is 25.7 Å². The summed E-state index contributed by atoms with van der Waals surface area (Å²) in [7, 11) is 0. The zero-order valence-electron chi connectivity index (χ0n) is 30.2. The van der Waals surface area contributed by atoms with E-state index in [-0.39, 0.29) is 58.3 Å². The fourth-order valence-electron chi connectivity index (χ4n) is 7.63. The molecule has 0 saturated carbocycles. The summed E-state index contributed by atoms with van der Waals surface area (Å²) in [6, 6.07) is 16.6. The fourth-order valence-corrected chi connectivity index (χ4v) is 7.63. The summed E-state index contributed by atoms with van der Waals surface area (Å²) in [5.41, 5.74) is 5.98. The van der Waals surface area contributed by atoms with Crippen molar-refractivity contribution in [2.24, 2.45) is 11.8 Å². The normalized spacial score (nSPS) is 16.2. The van der Waals surface area contributed by atoms with Crippen LogP contribution in [0.25, 0.3) is 33.4 Å². The first-order valence-corrected chi connectivity index (χ1v) is 17.4. The van der Waals surface area contributed by atoms with E-state index in [0.717, 1.165) is 0 Å². The summed E-state index contributed by atoms with van der Waals surface area (Å²) in [5.74, 6) is -2.45. The van der Waals surface area contributed by atoms with Gasteiger partial charge < -0.3 is 40.5 Å². The molecule has 0 amide bonds. The van der Waals surface area contributed by atoms with Gasteiger partial charge in [-0.3, -0.25) is 9.59 Å². The number of allylic oxidation sites excluding steroid dienone is 4. The molecule has 4 aromatic rings. The van der Waals surface area contributed by atoms with Gasteiger partial charge in [-0.25, -0.2) is 0 Å². The highest BCUT2D eigenvalue weighted by molar-refractivity contribution is 6.35. The number of nitrogens with one attached hydrogen (secondary N) is 1. The van der Waals surface area contributed by atoms with Gasteiger partial charge in [0.1, 0.15) is 23.0 Å². The van der Waals surface area contributed by atoms with Crippen molar-refractivity contribution in [3.05, 3.63) is 118 Å². The predicted octanol–water partition coefficient (Wildman–Crippen LogP) is 8.75. The molecular weight excluding hydrogens is 672 g/mol. The van der Waals surface area contributed by atoms with E-state index in [4.69, 9.17) is 4.74 Å². The molecule has 1 heterocycles. The number of carbonyl (C=O) groups excluding carboxylic acids is 2. The maximum atomic E-state index is 14.0. The van der Waals surface area contributed by atoms with Crippen LogP contribution in [0.3, 0.4) is 0 Å². The van der Waals surface area contributed by atoms with Gasteiger partial charge in [-0.15, -0.1) is 0 Å². The molecular formula is C43H40N2O8. The molecule has 0 atom stereocenters. The minimum Gasteiger partial charge on any atom is -0.508 e. The Hall–Kier alpha value is -6.42. The van der Waals surface area contributed by atoms with Crippen molar-refractivity contribution in [3.8, 4) is 34.1 Å². The predicted molar refractivity (Wildman–Crippen MR) is 206 cm³/mol. The number of ether oxygens (including phenoxy) is 1. The number of phenols is 3. The molecule has 0 fully saturated rings. The number of phenolic OH excluding ortho intramolecular Hbond substituents is 3. The summed E-state index contributed by atoms with van der Waals surface area (Å²) >= 11 is 0. The Morgan fingerprint density at radius 3 is 1.92 bits per heavy atom. The number of hydrogen-bond donors (Lipinski definition) is 6. The lowest BCUT2D eigenvalue weighted by Gasteiger charge is -2.30. The Bertz CT molecular complexity index is 2400. The van der Waals surface area contributed by atoms with Gasteiger partial charge in [-0.2, -0.15) is 0 Å². The summed E-state index contributed by atoms with van der Waals surface area (Å²) in [6.45, 7) is 11.1. The number of anilines is 2. The van der Waals surface area contributed by atoms with Crippen molar-refractivity contribution in [3.63, 3.8) is 0 Å². The van der Waals surface area contributed by atoms with Crippen molar-refractivity contribution in [2.75, 3.05) is 16.9 Å². The van der Waals surface area contributed by atoms with E-state index >= 15 is 0 Å². The fraction of sp³-hybridized carbons (Fsp3) is 0.209. The van der Waals surface area contributed by atoms with E-state index in [1.165, 1.54) is 30.5 Å². The lowest BCUT2D eigenvalue weighted by atomic mass is 9.75. The molecule has 2 aliphatic carbocycles. The van der Waals surface area contributed by atoms with Gasteiger partial charge in [0.05, 0.1) is 11.1 Å². The Balaban J connectivity index is 1.51. The number of nitrogens with zero attached hydrogens (tertiary/aromatic N) is 1. The first kappa shape index (κ1) is 35.0. The molecule has 4 aromatic carbocycles. The molecule has 3 aliphatic rings. The first-order chi connectivity index (χ1) is 25.2. The lowest BCUT2D eigenvalue weighted by Crippen LogP contribution is -2.22. The van der Waals surface area contributed by atoms with Gasteiger partial charge in [0.25, 0.3) is 0 Å². The number of ketones is 2. The molecule has 0 unspecified atom stereocenters. The number of fused-ring (bicyclic) bond motifs is 1. The van der Waals surface area contributed by atoms with Crippen molar-refractivity contribution in [1.29, 1.82) is 0 Å². The van der Waals surface area contributed by atoms with Gasteiger partial charge in [-0.1, -0.05) is 52.0 Å². The largest absolute Gasteiger partial charge is 0.508 e. The minimum atomic E-state index is -0.685. The van der Waals surface area contributed by atoms with E-state index < -0.39 is 17.3 Å². The average molecular weight is 713 g/mol.